The van der Waals surface area contributed by atoms with E-state index in [0.717, 1.165) is 11.5 Å². The van der Waals surface area contributed by atoms with E-state index in [1.165, 1.54) is 83.5 Å². The summed E-state index contributed by atoms with van der Waals surface area (Å²) in [5.41, 5.74) is 18.5. The second kappa shape index (κ2) is 9.31. The van der Waals surface area contributed by atoms with Crippen LogP contribution in [0.25, 0.3) is 55.6 Å². The van der Waals surface area contributed by atoms with E-state index in [9.17, 15) is 0 Å². The molecule has 2 aliphatic rings. The molecule has 0 spiro atoms. The van der Waals surface area contributed by atoms with Crippen molar-refractivity contribution in [1.82, 2.24) is 0 Å². The predicted molar refractivity (Wildman–Crippen MR) is 180 cm³/mol. The monoisotopic (exact) mass is 554 g/mol. The summed E-state index contributed by atoms with van der Waals surface area (Å²) in [7, 11) is 0. The fourth-order valence-corrected chi connectivity index (χ4v) is 7.38. The average molecular weight is 555 g/mol. The Balaban J connectivity index is 1.44. The van der Waals surface area contributed by atoms with Gasteiger partial charge in [-0.15, -0.1) is 0 Å². The zero-order chi connectivity index (χ0) is 29.5. The van der Waals surface area contributed by atoms with Gasteiger partial charge in [-0.05, 0) is 99.7 Å². The van der Waals surface area contributed by atoms with Crippen molar-refractivity contribution in [3.05, 3.63) is 143 Å². The van der Waals surface area contributed by atoms with E-state index in [1.807, 2.05) is 0 Å². The van der Waals surface area contributed by atoms with Crippen LogP contribution in [0.5, 0.6) is 11.5 Å². The van der Waals surface area contributed by atoms with E-state index in [-0.39, 0.29) is 5.41 Å². The summed E-state index contributed by atoms with van der Waals surface area (Å²) >= 11 is 0. The van der Waals surface area contributed by atoms with Crippen LogP contribution in [0.15, 0.2) is 115 Å². The standard InChI is InChI=1S/C42H34O/c1-25-18-20-37-39(22-25)43-41-38(42(37,4)5)21-19-26(2)40(41)34-24-36-33-17-11-9-15-31(33)29-13-7-6-12-28(29)30-14-8-10-16-32(30)35(36)23-27(34)3/h6-24H,1-5H3. The Morgan fingerprint density at radius 3 is 1.49 bits per heavy atom. The lowest BCUT2D eigenvalue weighted by Gasteiger charge is -2.36. The molecule has 0 saturated heterocycles. The number of hydrogen-bond donors (Lipinski definition) is 0. The van der Waals surface area contributed by atoms with E-state index in [0.29, 0.717) is 0 Å². The highest BCUT2D eigenvalue weighted by Crippen LogP contribution is 2.54. The molecule has 0 saturated carbocycles. The van der Waals surface area contributed by atoms with Crippen LogP contribution < -0.4 is 4.74 Å². The van der Waals surface area contributed by atoms with Gasteiger partial charge in [0.15, 0.2) is 0 Å². The first-order chi connectivity index (χ1) is 20.8. The Bertz CT molecular complexity index is 2110. The summed E-state index contributed by atoms with van der Waals surface area (Å²) in [5.74, 6) is 1.94. The molecule has 6 aromatic rings. The van der Waals surface area contributed by atoms with Crippen LogP contribution in [-0.2, 0) is 5.41 Å². The minimum absolute atomic E-state index is 0.175. The molecule has 6 aromatic carbocycles. The van der Waals surface area contributed by atoms with Crippen LogP contribution in [0.2, 0.25) is 0 Å². The zero-order valence-corrected chi connectivity index (χ0v) is 25.4. The lowest BCUT2D eigenvalue weighted by Crippen LogP contribution is -2.25. The summed E-state index contributed by atoms with van der Waals surface area (Å²) in [6.45, 7) is 11.2. The first-order valence-electron chi connectivity index (χ1n) is 15.2. The van der Waals surface area contributed by atoms with Crippen molar-refractivity contribution in [3.63, 3.8) is 0 Å². The van der Waals surface area contributed by atoms with Crippen molar-refractivity contribution in [3.8, 4) is 67.1 Å². The second-order valence-electron chi connectivity index (χ2n) is 12.7. The Labute approximate surface area is 254 Å². The summed E-state index contributed by atoms with van der Waals surface area (Å²) in [4.78, 5) is 0. The highest BCUT2D eigenvalue weighted by molar-refractivity contribution is 6.04. The number of hydrogen-bond acceptors (Lipinski definition) is 1. The number of ether oxygens (including phenoxy) is 1. The van der Waals surface area contributed by atoms with Gasteiger partial charge in [0.05, 0.1) is 0 Å². The smallest absolute Gasteiger partial charge is 0.139 e. The molecule has 0 amide bonds. The van der Waals surface area contributed by atoms with Gasteiger partial charge in [-0.1, -0.05) is 117 Å². The van der Waals surface area contributed by atoms with Crippen LogP contribution in [-0.4, -0.2) is 0 Å². The molecule has 1 nitrogen and oxygen atoms in total. The quantitative estimate of drug-likeness (QED) is 0.196. The molecule has 0 fully saturated rings. The number of aryl methyl sites for hydroxylation is 3. The zero-order valence-electron chi connectivity index (χ0n) is 25.4. The summed E-state index contributed by atoms with van der Waals surface area (Å²) in [6.07, 6.45) is 0. The van der Waals surface area contributed by atoms with E-state index in [4.69, 9.17) is 4.74 Å². The van der Waals surface area contributed by atoms with E-state index >= 15 is 0 Å². The number of rotatable bonds is 1. The molecule has 0 unspecified atom stereocenters. The van der Waals surface area contributed by atoms with Crippen LogP contribution in [0, 0.1) is 20.8 Å². The fraction of sp³-hybridized carbons (Fsp3) is 0.143. The van der Waals surface area contributed by atoms with Crippen LogP contribution in [0.4, 0.5) is 0 Å². The molecule has 8 rings (SSSR count). The van der Waals surface area contributed by atoms with Gasteiger partial charge in [-0.3, -0.25) is 0 Å². The molecule has 0 bridgehead atoms. The van der Waals surface area contributed by atoms with Gasteiger partial charge in [-0.25, -0.2) is 0 Å². The molecule has 1 heterocycles. The van der Waals surface area contributed by atoms with Gasteiger partial charge in [0.2, 0.25) is 0 Å². The SMILES string of the molecule is Cc1ccc2c(c1)Oc1c(ccc(C)c1-c1cc3c(cc1C)-c1ccccc1-c1ccccc1-c1ccccc1-3)C2(C)C. The normalized spacial score (nSPS) is 13.6. The van der Waals surface area contributed by atoms with Crippen LogP contribution >= 0.6 is 0 Å². The van der Waals surface area contributed by atoms with Crippen LogP contribution in [0.1, 0.15) is 41.7 Å². The van der Waals surface area contributed by atoms with Gasteiger partial charge >= 0.3 is 0 Å². The van der Waals surface area contributed by atoms with Crippen molar-refractivity contribution in [2.45, 2.75) is 40.0 Å². The van der Waals surface area contributed by atoms with E-state index in [1.54, 1.807) is 0 Å². The molecule has 1 heteroatoms. The largest absolute Gasteiger partial charge is 0.456 e. The molecule has 0 radical (unpaired) electrons. The Kier molecular flexibility index (Phi) is 5.59. The van der Waals surface area contributed by atoms with Gasteiger partial charge in [-0.2, -0.15) is 0 Å². The third-order valence-electron chi connectivity index (χ3n) is 9.64. The highest BCUT2D eigenvalue weighted by atomic mass is 16.5. The van der Waals surface area contributed by atoms with Gasteiger partial charge < -0.3 is 4.74 Å². The lowest BCUT2D eigenvalue weighted by atomic mass is 9.73. The summed E-state index contributed by atoms with van der Waals surface area (Å²) < 4.78 is 6.88. The molecule has 0 N–H and O–H groups in total. The predicted octanol–water partition coefficient (Wildman–Crippen LogP) is 11.7. The molecular weight excluding hydrogens is 520 g/mol. The molecule has 0 atom stereocenters. The maximum Gasteiger partial charge on any atom is 0.139 e. The van der Waals surface area contributed by atoms with Gasteiger partial charge in [0.25, 0.3) is 0 Å². The van der Waals surface area contributed by atoms with Crippen LogP contribution in [0.3, 0.4) is 0 Å². The summed E-state index contributed by atoms with van der Waals surface area (Å²) in [6, 6.07) is 42.5. The Hall–Kier alpha value is -4.88. The van der Waals surface area contributed by atoms with Gasteiger partial charge in [0.1, 0.15) is 11.5 Å². The minimum atomic E-state index is -0.175. The summed E-state index contributed by atoms with van der Waals surface area (Å²) in [5, 5.41) is 0. The second-order valence-corrected chi connectivity index (χ2v) is 12.7. The lowest BCUT2D eigenvalue weighted by molar-refractivity contribution is 0.419. The van der Waals surface area contributed by atoms with E-state index in [2.05, 4.69) is 150 Å². The average Bonchev–Trinajstić information content (AvgIpc) is 3.00. The maximum absolute atomic E-state index is 6.88. The fourth-order valence-electron chi connectivity index (χ4n) is 7.38. The Morgan fingerprint density at radius 2 is 0.930 bits per heavy atom. The highest BCUT2D eigenvalue weighted by Gasteiger charge is 2.36. The van der Waals surface area contributed by atoms with Crippen molar-refractivity contribution >= 4 is 0 Å². The first-order valence-corrected chi connectivity index (χ1v) is 15.2. The minimum Gasteiger partial charge on any atom is -0.456 e. The molecule has 1 aliphatic heterocycles. The topological polar surface area (TPSA) is 9.23 Å². The third-order valence-corrected chi connectivity index (χ3v) is 9.64. The number of fused-ring (bicyclic) bond motifs is 10. The number of benzene rings is 6. The molecule has 0 aromatic heterocycles. The van der Waals surface area contributed by atoms with E-state index < -0.39 is 0 Å². The molecular formula is C42H34O. The first kappa shape index (κ1) is 25.8. The van der Waals surface area contributed by atoms with Crippen molar-refractivity contribution < 1.29 is 4.74 Å². The Morgan fingerprint density at radius 1 is 0.442 bits per heavy atom. The van der Waals surface area contributed by atoms with Crippen molar-refractivity contribution in [1.29, 1.82) is 0 Å². The third kappa shape index (κ3) is 3.78. The van der Waals surface area contributed by atoms with Gasteiger partial charge in [0, 0.05) is 22.1 Å². The molecule has 43 heavy (non-hydrogen) atoms. The molecule has 1 aliphatic carbocycles. The van der Waals surface area contributed by atoms with Crippen molar-refractivity contribution in [2.24, 2.45) is 0 Å². The molecule has 208 valence electrons. The maximum atomic E-state index is 6.88. The van der Waals surface area contributed by atoms with Crippen molar-refractivity contribution in [2.75, 3.05) is 0 Å².